The minimum absolute atomic E-state index is 0.0678. The molecule has 1 amide bonds. The lowest BCUT2D eigenvalue weighted by Gasteiger charge is -2.44. The summed E-state index contributed by atoms with van der Waals surface area (Å²) in [6.45, 7) is 4.02. The van der Waals surface area contributed by atoms with Crippen LogP contribution in [-0.4, -0.2) is 21.1 Å². The van der Waals surface area contributed by atoms with Gasteiger partial charge in [0.2, 0.25) is 5.91 Å². The number of nitrogens with two attached hydrogens (primary N) is 1. The molecule has 1 aliphatic rings. The molecule has 0 aromatic carbocycles. The first-order valence-electron chi connectivity index (χ1n) is 6.05. The fraction of sp³-hybridized carbons (Fsp3) is 0.583. The smallest absolute Gasteiger partial charge is 0.233 e. The molecule has 0 saturated heterocycles. The van der Waals surface area contributed by atoms with E-state index < -0.39 is 5.41 Å². The van der Waals surface area contributed by atoms with Gasteiger partial charge in [-0.2, -0.15) is 5.10 Å². The molecular formula is C12H18N4OS. The molecule has 1 heterocycles. The molecule has 1 atom stereocenters. The van der Waals surface area contributed by atoms with Gasteiger partial charge in [-0.3, -0.25) is 9.89 Å². The molecule has 1 aromatic rings. The molecular weight excluding hydrogens is 248 g/mol. The average Bonchev–Trinajstić information content (AvgIpc) is 2.76. The van der Waals surface area contributed by atoms with Gasteiger partial charge in [0, 0.05) is 11.8 Å². The van der Waals surface area contributed by atoms with Gasteiger partial charge in [-0.25, -0.2) is 0 Å². The topological polar surface area (TPSA) is 83.8 Å². The summed E-state index contributed by atoms with van der Waals surface area (Å²) < 4.78 is 0. The predicted octanol–water partition coefficient (Wildman–Crippen LogP) is 1.29. The van der Waals surface area contributed by atoms with E-state index in [4.69, 9.17) is 18.0 Å². The zero-order valence-corrected chi connectivity index (χ0v) is 11.4. The van der Waals surface area contributed by atoms with Crippen LogP contribution < -0.4 is 11.1 Å². The second-order valence-corrected chi connectivity index (χ2v) is 5.63. The number of hydrogen-bond donors (Lipinski definition) is 3. The zero-order chi connectivity index (χ0) is 13.3. The van der Waals surface area contributed by atoms with Crippen molar-refractivity contribution in [2.24, 2.45) is 17.1 Å². The second kappa shape index (κ2) is 4.68. The summed E-state index contributed by atoms with van der Waals surface area (Å²) in [5, 5.41) is 9.56. The van der Waals surface area contributed by atoms with Gasteiger partial charge < -0.3 is 11.1 Å². The average molecular weight is 266 g/mol. The summed E-state index contributed by atoms with van der Waals surface area (Å²) in [6, 6.07) is -0.0987. The summed E-state index contributed by atoms with van der Waals surface area (Å²) in [7, 11) is 0. The van der Waals surface area contributed by atoms with Crippen LogP contribution in [-0.2, 0) is 4.79 Å². The normalized spacial score (nSPS) is 28.2. The van der Waals surface area contributed by atoms with Crippen molar-refractivity contribution < 1.29 is 4.79 Å². The molecule has 18 heavy (non-hydrogen) atoms. The number of carbonyl (C=O) groups excluding carboxylic acids is 1. The van der Waals surface area contributed by atoms with Crippen LogP contribution in [0.5, 0.6) is 0 Å². The molecule has 0 spiro atoms. The lowest BCUT2D eigenvalue weighted by molar-refractivity contribution is -0.133. The number of rotatable bonds is 4. The van der Waals surface area contributed by atoms with Gasteiger partial charge in [0.1, 0.15) is 0 Å². The number of hydrogen-bond acceptors (Lipinski definition) is 3. The Morgan fingerprint density at radius 3 is 2.83 bits per heavy atom. The third-order valence-electron chi connectivity index (χ3n) is 3.67. The van der Waals surface area contributed by atoms with Gasteiger partial charge >= 0.3 is 0 Å². The van der Waals surface area contributed by atoms with Crippen LogP contribution in [0.3, 0.4) is 0 Å². The lowest BCUT2D eigenvalue weighted by Crippen LogP contribution is -2.56. The summed E-state index contributed by atoms with van der Waals surface area (Å²) in [4.78, 5) is 12.6. The first-order chi connectivity index (χ1) is 8.45. The molecule has 1 fully saturated rings. The fourth-order valence-electron chi connectivity index (χ4n) is 2.54. The lowest BCUT2D eigenvalue weighted by atomic mass is 9.62. The second-order valence-electron chi connectivity index (χ2n) is 5.19. The van der Waals surface area contributed by atoms with Gasteiger partial charge in [-0.05, 0) is 25.7 Å². The molecule has 98 valence electrons. The van der Waals surface area contributed by atoms with Crippen LogP contribution in [0.15, 0.2) is 12.4 Å². The summed E-state index contributed by atoms with van der Waals surface area (Å²) in [5.41, 5.74) is 6.03. The number of nitrogens with zero attached hydrogens (tertiary/aromatic N) is 1. The van der Waals surface area contributed by atoms with Crippen molar-refractivity contribution in [1.29, 1.82) is 0 Å². The highest BCUT2D eigenvalue weighted by molar-refractivity contribution is 7.80. The van der Waals surface area contributed by atoms with Crippen LogP contribution >= 0.6 is 12.2 Å². The number of carbonyl (C=O) groups is 1. The summed E-state index contributed by atoms with van der Waals surface area (Å²) >= 11 is 5.06. The van der Waals surface area contributed by atoms with Crippen molar-refractivity contribution in [2.75, 3.05) is 0 Å². The third kappa shape index (κ3) is 2.12. The molecule has 0 aliphatic heterocycles. The van der Waals surface area contributed by atoms with Gasteiger partial charge in [-0.1, -0.05) is 19.1 Å². The monoisotopic (exact) mass is 266 g/mol. The molecule has 2 rings (SSSR count). The molecule has 1 aromatic heterocycles. The van der Waals surface area contributed by atoms with Crippen LogP contribution in [0.2, 0.25) is 0 Å². The van der Waals surface area contributed by atoms with Crippen molar-refractivity contribution in [3.63, 3.8) is 0 Å². The summed E-state index contributed by atoms with van der Waals surface area (Å²) in [5.74, 6) is 0.434. The standard InChI is InChI=1S/C12H18N4OS/c1-7-3-12(4-7,10(13)18)11(17)16-8(2)9-5-14-15-6-9/h5-8H,3-4H2,1-2H3,(H2,13,18)(H,14,15)(H,16,17). The zero-order valence-electron chi connectivity index (χ0n) is 10.6. The van der Waals surface area contributed by atoms with Gasteiger partial charge in [0.15, 0.2) is 0 Å². The minimum Gasteiger partial charge on any atom is -0.392 e. The first kappa shape index (κ1) is 13.0. The Morgan fingerprint density at radius 2 is 2.39 bits per heavy atom. The molecule has 0 bridgehead atoms. The largest absolute Gasteiger partial charge is 0.392 e. The Kier molecular flexibility index (Phi) is 3.38. The van der Waals surface area contributed by atoms with E-state index in [1.54, 1.807) is 12.4 Å². The number of nitrogens with one attached hydrogen (secondary N) is 2. The van der Waals surface area contributed by atoms with Crippen LogP contribution in [0.25, 0.3) is 0 Å². The number of thiocarbonyl (C=S) groups is 1. The molecule has 1 saturated carbocycles. The molecule has 4 N–H and O–H groups in total. The highest BCUT2D eigenvalue weighted by Gasteiger charge is 2.51. The van der Waals surface area contributed by atoms with E-state index in [0.717, 1.165) is 18.4 Å². The molecule has 1 unspecified atom stereocenters. The van der Waals surface area contributed by atoms with Crippen LogP contribution in [0, 0.1) is 11.3 Å². The Bertz CT molecular complexity index is 451. The molecule has 0 radical (unpaired) electrons. The third-order valence-corrected chi connectivity index (χ3v) is 4.06. The van der Waals surface area contributed by atoms with Crippen molar-refractivity contribution in [3.05, 3.63) is 18.0 Å². The van der Waals surface area contributed by atoms with Gasteiger partial charge in [0.05, 0.1) is 22.6 Å². The number of aromatic nitrogens is 2. The molecule has 5 nitrogen and oxygen atoms in total. The Balaban J connectivity index is 2.05. The van der Waals surface area contributed by atoms with E-state index in [-0.39, 0.29) is 11.9 Å². The fourth-order valence-corrected chi connectivity index (χ4v) is 2.80. The quantitative estimate of drug-likeness (QED) is 0.717. The van der Waals surface area contributed by atoms with Gasteiger partial charge in [-0.15, -0.1) is 0 Å². The van der Waals surface area contributed by atoms with E-state index in [1.807, 2.05) is 6.92 Å². The Labute approximate surface area is 112 Å². The van der Waals surface area contributed by atoms with E-state index >= 15 is 0 Å². The number of amides is 1. The maximum atomic E-state index is 12.3. The van der Waals surface area contributed by atoms with Crippen LogP contribution in [0.1, 0.15) is 38.3 Å². The van der Waals surface area contributed by atoms with E-state index in [1.165, 1.54) is 0 Å². The number of H-pyrrole nitrogens is 1. The summed E-state index contributed by atoms with van der Waals surface area (Å²) in [6.07, 6.45) is 4.95. The minimum atomic E-state index is -0.646. The SMILES string of the molecule is CC1CC(C(=O)NC(C)c2cn[nH]c2)(C(N)=S)C1. The maximum absolute atomic E-state index is 12.3. The Morgan fingerprint density at radius 1 is 1.72 bits per heavy atom. The molecule has 1 aliphatic carbocycles. The van der Waals surface area contributed by atoms with Crippen LogP contribution in [0.4, 0.5) is 0 Å². The van der Waals surface area contributed by atoms with E-state index in [2.05, 4.69) is 22.4 Å². The Hall–Kier alpha value is -1.43. The highest BCUT2D eigenvalue weighted by Crippen LogP contribution is 2.46. The highest BCUT2D eigenvalue weighted by atomic mass is 32.1. The first-order valence-corrected chi connectivity index (χ1v) is 6.46. The van der Waals surface area contributed by atoms with E-state index in [0.29, 0.717) is 10.9 Å². The van der Waals surface area contributed by atoms with Gasteiger partial charge in [0.25, 0.3) is 0 Å². The van der Waals surface area contributed by atoms with Crippen molar-refractivity contribution in [1.82, 2.24) is 15.5 Å². The molecule has 6 heteroatoms. The predicted molar refractivity (Wildman–Crippen MR) is 72.8 cm³/mol. The maximum Gasteiger partial charge on any atom is 0.233 e. The number of aromatic amines is 1. The van der Waals surface area contributed by atoms with E-state index in [9.17, 15) is 4.79 Å². The van der Waals surface area contributed by atoms with Crippen molar-refractivity contribution in [2.45, 2.75) is 32.7 Å². The van der Waals surface area contributed by atoms with Crippen molar-refractivity contribution >= 4 is 23.1 Å². The van der Waals surface area contributed by atoms with Crippen molar-refractivity contribution in [3.8, 4) is 0 Å².